The fourth-order valence-corrected chi connectivity index (χ4v) is 4.24. The highest BCUT2D eigenvalue weighted by molar-refractivity contribution is 9.10. The van der Waals surface area contributed by atoms with E-state index in [9.17, 15) is 4.79 Å². The highest BCUT2D eigenvalue weighted by atomic mass is 79.9. The Labute approximate surface area is 143 Å². The Kier molecular flexibility index (Phi) is 3.49. The van der Waals surface area contributed by atoms with Gasteiger partial charge in [0.15, 0.2) is 0 Å². The van der Waals surface area contributed by atoms with E-state index in [0.717, 1.165) is 22.1 Å². The van der Waals surface area contributed by atoms with Gasteiger partial charge in [-0.05, 0) is 57.6 Å². The summed E-state index contributed by atoms with van der Waals surface area (Å²) in [5.74, 6) is -0.0120. The number of carbonyl (C=O) groups is 1. The number of aromatic carboxylic acids is 1. The van der Waals surface area contributed by atoms with Gasteiger partial charge in [0.2, 0.25) is 0 Å². The minimum absolute atomic E-state index is 0.184. The standard InChI is InChI=1S/C19H16BrNO2/c20-16-6-2-5-15-13-3-1-4-14(13)17(21-18(15)16)11-7-9-12(10-8-11)19(22)23/h1-3,5-10,13-14,17,21H,4H2,(H,22,23)/t13-,14-,17-/m0/s1. The lowest BCUT2D eigenvalue weighted by Crippen LogP contribution is -2.29. The molecule has 0 unspecified atom stereocenters. The summed E-state index contributed by atoms with van der Waals surface area (Å²) in [4.78, 5) is 11.0. The molecule has 0 spiro atoms. The minimum Gasteiger partial charge on any atom is -0.478 e. The Balaban J connectivity index is 1.75. The summed E-state index contributed by atoms with van der Waals surface area (Å²) in [5.41, 5.74) is 3.94. The van der Waals surface area contributed by atoms with Gasteiger partial charge in [0, 0.05) is 10.4 Å². The van der Waals surface area contributed by atoms with Crippen LogP contribution in [-0.4, -0.2) is 11.1 Å². The first-order valence-electron chi connectivity index (χ1n) is 7.70. The van der Waals surface area contributed by atoms with Gasteiger partial charge in [-0.15, -0.1) is 0 Å². The molecule has 0 saturated carbocycles. The summed E-state index contributed by atoms with van der Waals surface area (Å²) in [5, 5.41) is 12.7. The second-order valence-corrected chi connectivity index (χ2v) is 6.96. The third kappa shape index (κ3) is 2.38. The van der Waals surface area contributed by atoms with Crippen molar-refractivity contribution in [2.24, 2.45) is 5.92 Å². The fraction of sp³-hybridized carbons (Fsp3) is 0.211. The first-order chi connectivity index (χ1) is 11.1. The van der Waals surface area contributed by atoms with E-state index in [-0.39, 0.29) is 6.04 Å². The second kappa shape index (κ2) is 5.53. The number of hydrogen-bond donors (Lipinski definition) is 2. The summed E-state index contributed by atoms with van der Waals surface area (Å²) in [6.45, 7) is 0. The van der Waals surface area contributed by atoms with Crippen molar-refractivity contribution in [3.05, 3.63) is 75.8 Å². The van der Waals surface area contributed by atoms with E-state index in [2.05, 4.69) is 51.6 Å². The molecule has 3 atom stereocenters. The maximum absolute atomic E-state index is 11.0. The van der Waals surface area contributed by atoms with E-state index in [0.29, 0.717) is 17.4 Å². The highest BCUT2D eigenvalue weighted by Gasteiger charge is 2.38. The number of carboxylic acid groups (broad SMARTS) is 1. The molecule has 4 rings (SSSR count). The Hall–Kier alpha value is -2.07. The van der Waals surface area contributed by atoms with Crippen molar-refractivity contribution in [3.8, 4) is 0 Å². The molecule has 2 N–H and O–H groups in total. The second-order valence-electron chi connectivity index (χ2n) is 6.11. The lowest BCUT2D eigenvalue weighted by Gasteiger charge is -2.38. The van der Waals surface area contributed by atoms with Crippen molar-refractivity contribution >= 4 is 27.6 Å². The van der Waals surface area contributed by atoms with E-state index < -0.39 is 5.97 Å². The van der Waals surface area contributed by atoms with Crippen LogP contribution >= 0.6 is 15.9 Å². The van der Waals surface area contributed by atoms with Crippen LogP contribution in [0.2, 0.25) is 0 Å². The molecule has 4 heteroatoms. The van der Waals surface area contributed by atoms with E-state index in [1.54, 1.807) is 12.1 Å². The average molecular weight is 370 g/mol. The van der Waals surface area contributed by atoms with E-state index in [1.807, 2.05) is 12.1 Å². The number of allylic oxidation sites excluding steroid dienone is 2. The third-order valence-electron chi connectivity index (χ3n) is 4.86. The zero-order chi connectivity index (χ0) is 16.0. The SMILES string of the molecule is O=C(O)c1ccc([C@@H]2Nc3c(Br)cccc3[C@H]3C=CC[C@@H]32)cc1. The normalized spacial score (nSPS) is 24.7. The van der Waals surface area contributed by atoms with Gasteiger partial charge in [-0.25, -0.2) is 4.79 Å². The molecule has 23 heavy (non-hydrogen) atoms. The molecule has 116 valence electrons. The number of benzene rings is 2. The van der Waals surface area contributed by atoms with Gasteiger partial charge in [0.25, 0.3) is 0 Å². The molecule has 1 aliphatic carbocycles. The Morgan fingerprint density at radius 2 is 1.96 bits per heavy atom. The van der Waals surface area contributed by atoms with E-state index in [4.69, 9.17) is 5.11 Å². The topological polar surface area (TPSA) is 49.3 Å². The molecule has 0 bridgehead atoms. The van der Waals surface area contributed by atoms with Gasteiger partial charge in [0.1, 0.15) is 0 Å². The van der Waals surface area contributed by atoms with Crippen LogP contribution in [0.1, 0.15) is 39.9 Å². The van der Waals surface area contributed by atoms with Gasteiger partial charge in [-0.2, -0.15) is 0 Å². The lowest BCUT2D eigenvalue weighted by atomic mass is 9.77. The molecule has 2 aliphatic rings. The number of rotatable bonds is 2. The first kappa shape index (κ1) is 14.5. The molecule has 0 radical (unpaired) electrons. The number of fused-ring (bicyclic) bond motifs is 3. The molecule has 0 fully saturated rings. The van der Waals surface area contributed by atoms with Crippen LogP contribution in [0, 0.1) is 5.92 Å². The summed E-state index contributed by atoms with van der Waals surface area (Å²) >= 11 is 3.65. The Morgan fingerprint density at radius 3 is 2.70 bits per heavy atom. The molecule has 1 heterocycles. The summed E-state index contributed by atoms with van der Waals surface area (Å²) in [6, 6.07) is 13.7. The quantitative estimate of drug-likeness (QED) is 0.734. The maximum atomic E-state index is 11.0. The van der Waals surface area contributed by atoms with Crippen LogP contribution in [0.15, 0.2) is 59.1 Å². The number of hydrogen-bond acceptors (Lipinski definition) is 2. The first-order valence-corrected chi connectivity index (χ1v) is 8.49. The Bertz CT molecular complexity index is 798. The molecule has 3 nitrogen and oxygen atoms in total. The van der Waals surface area contributed by atoms with Crippen molar-refractivity contribution in [1.82, 2.24) is 0 Å². The van der Waals surface area contributed by atoms with Crippen LogP contribution in [-0.2, 0) is 0 Å². The molecule has 0 amide bonds. The maximum Gasteiger partial charge on any atom is 0.335 e. The number of para-hydroxylation sites is 1. The van der Waals surface area contributed by atoms with Crippen LogP contribution in [0.5, 0.6) is 0 Å². The minimum atomic E-state index is -0.887. The zero-order valence-corrected chi connectivity index (χ0v) is 14.0. The number of carboxylic acids is 1. The summed E-state index contributed by atoms with van der Waals surface area (Å²) in [6.07, 6.45) is 5.59. The van der Waals surface area contributed by atoms with Gasteiger partial charge in [0.05, 0.1) is 17.3 Å². The van der Waals surface area contributed by atoms with E-state index >= 15 is 0 Å². The molecule has 0 aromatic heterocycles. The van der Waals surface area contributed by atoms with Gasteiger partial charge in [-0.3, -0.25) is 0 Å². The van der Waals surface area contributed by atoms with Crippen LogP contribution in [0.25, 0.3) is 0 Å². The van der Waals surface area contributed by atoms with Gasteiger partial charge in [-0.1, -0.05) is 36.4 Å². The monoisotopic (exact) mass is 369 g/mol. The van der Waals surface area contributed by atoms with Crippen molar-refractivity contribution in [2.45, 2.75) is 18.4 Å². The number of halogens is 1. The number of anilines is 1. The smallest absolute Gasteiger partial charge is 0.335 e. The largest absolute Gasteiger partial charge is 0.478 e. The number of nitrogens with one attached hydrogen (secondary N) is 1. The van der Waals surface area contributed by atoms with E-state index in [1.165, 1.54) is 5.56 Å². The summed E-state index contributed by atoms with van der Waals surface area (Å²) in [7, 11) is 0. The molecule has 1 aliphatic heterocycles. The van der Waals surface area contributed by atoms with Crippen molar-refractivity contribution in [2.75, 3.05) is 5.32 Å². The van der Waals surface area contributed by atoms with Gasteiger partial charge >= 0.3 is 5.97 Å². The molecular formula is C19H16BrNO2. The molecule has 2 aromatic carbocycles. The zero-order valence-electron chi connectivity index (χ0n) is 12.4. The third-order valence-corrected chi connectivity index (χ3v) is 5.52. The van der Waals surface area contributed by atoms with Crippen LogP contribution < -0.4 is 5.32 Å². The van der Waals surface area contributed by atoms with Crippen LogP contribution in [0.4, 0.5) is 5.69 Å². The summed E-state index contributed by atoms with van der Waals surface area (Å²) < 4.78 is 1.07. The van der Waals surface area contributed by atoms with Gasteiger partial charge < -0.3 is 10.4 Å². The van der Waals surface area contributed by atoms with Crippen molar-refractivity contribution in [3.63, 3.8) is 0 Å². The van der Waals surface area contributed by atoms with Crippen molar-refractivity contribution < 1.29 is 9.90 Å². The molecule has 0 saturated heterocycles. The van der Waals surface area contributed by atoms with Crippen molar-refractivity contribution in [1.29, 1.82) is 0 Å². The predicted octanol–water partition coefficient (Wildman–Crippen LogP) is 4.97. The predicted molar refractivity (Wildman–Crippen MR) is 93.9 cm³/mol. The lowest BCUT2D eigenvalue weighted by molar-refractivity contribution is 0.0697. The molecule has 2 aromatic rings. The fourth-order valence-electron chi connectivity index (χ4n) is 3.75. The molecular weight excluding hydrogens is 354 g/mol. The highest BCUT2D eigenvalue weighted by Crippen LogP contribution is 2.51. The van der Waals surface area contributed by atoms with Crippen LogP contribution in [0.3, 0.4) is 0 Å². The Morgan fingerprint density at radius 1 is 1.17 bits per heavy atom. The average Bonchev–Trinajstić information content (AvgIpc) is 3.04.